The quantitative estimate of drug-likeness (QED) is 0.661. The van der Waals surface area contributed by atoms with Gasteiger partial charge in [0.25, 0.3) is 0 Å². The number of likely N-dealkylation sites (tertiary alicyclic amines) is 1. The van der Waals surface area contributed by atoms with Gasteiger partial charge in [-0.2, -0.15) is 0 Å². The maximum atomic E-state index is 11.5. The first-order valence-electron chi connectivity index (χ1n) is 6.06. The molecule has 0 aromatic rings. The van der Waals surface area contributed by atoms with Crippen molar-refractivity contribution in [1.29, 1.82) is 0 Å². The molecule has 0 aromatic carbocycles. The molecule has 0 bridgehead atoms. The summed E-state index contributed by atoms with van der Waals surface area (Å²) in [6.45, 7) is 11.6. The molecular formula is C13H23NO. The number of rotatable bonds is 1. The third kappa shape index (κ3) is 2.10. The molecule has 0 radical (unpaired) electrons. The van der Waals surface area contributed by atoms with Crippen molar-refractivity contribution < 1.29 is 4.79 Å². The smallest absolute Gasteiger partial charge is 0.134 e. The molecule has 15 heavy (non-hydrogen) atoms. The highest BCUT2D eigenvalue weighted by atomic mass is 16.1. The van der Waals surface area contributed by atoms with Gasteiger partial charge in [-0.1, -0.05) is 27.7 Å². The van der Waals surface area contributed by atoms with Gasteiger partial charge in [-0.05, 0) is 17.3 Å². The Morgan fingerprint density at radius 2 is 1.80 bits per heavy atom. The van der Waals surface area contributed by atoms with Gasteiger partial charge >= 0.3 is 0 Å². The minimum atomic E-state index is 0.324. The van der Waals surface area contributed by atoms with Gasteiger partial charge in [0.05, 0.1) is 0 Å². The third-order valence-electron chi connectivity index (χ3n) is 4.07. The molecule has 0 aromatic heterocycles. The summed E-state index contributed by atoms with van der Waals surface area (Å²) in [6, 6.07) is 0.492. The van der Waals surface area contributed by atoms with Crippen LogP contribution in [-0.4, -0.2) is 29.8 Å². The molecule has 2 nitrogen and oxygen atoms in total. The molecular weight excluding hydrogens is 186 g/mol. The van der Waals surface area contributed by atoms with Gasteiger partial charge in [0, 0.05) is 32.0 Å². The van der Waals surface area contributed by atoms with Crippen molar-refractivity contribution in [3.63, 3.8) is 0 Å². The summed E-state index contributed by atoms with van der Waals surface area (Å²) in [4.78, 5) is 14.1. The summed E-state index contributed by atoms with van der Waals surface area (Å²) in [7, 11) is 0. The van der Waals surface area contributed by atoms with E-state index < -0.39 is 0 Å². The predicted molar refractivity (Wildman–Crippen MR) is 61.8 cm³/mol. The van der Waals surface area contributed by atoms with Crippen LogP contribution in [0.4, 0.5) is 0 Å². The number of hydrogen-bond donors (Lipinski definition) is 0. The molecule has 0 spiro atoms. The fourth-order valence-corrected chi connectivity index (χ4v) is 3.12. The molecule has 1 unspecified atom stereocenters. The minimum Gasteiger partial charge on any atom is -0.300 e. The zero-order valence-electron chi connectivity index (χ0n) is 10.5. The lowest BCUT2D eigenvalue weighted by Gasteiger charge is -2.55. The van der Waals surface area contributed by atoms with Crippen LogP contribution in [0.2, 0.25) is 0 Å². The Kier molecular flexibility index (Phi) is 2.45. The summed E-state index contributed by atoms with van der Waals surface area (Å²) in [5.41, 5.74) is 0.793. The second-order valence-corrected chi connectivity index (χ2v) is 6.82. The van der Waals surface area contributed by atoms with E-state index in [2.05, 4.69) is 32.6 Å². The SMILES string of the molecule is CC1(C)CN(C2CC(=O)CCC2(C)C)C1. The Hall–Kier alpha value is -0.370. The first kappa shape index (κ1) is 11.1. The Bertz CT molecular complexity index is 272. The third-order valence-corrected chi connectivity index (χ3v) is 4.07. The van der Waals surface area contributed by atoms with E-state index in [4.69, 9.17) is 0 Å². The molecule has 2 fully saturated rings. The Labute approximate surface area is 93.0 Å². The van der Waals surface area contributed by atoms with E-state index in [1.54, 1.807) is 0 Å². The highest BCUT2D eigenvalue weighted by molar-refractivity contribution is 5.80. The largest absolute Gasteiger partial charge is 0.300 e. The van der Waals surface area contributed by atoms with Gasteiger partial charge in [-0.15, -0.1) is 0 Å². The minimum absolute atomic E-state index is 0.324. The van der Waals surface area contributed by atoms with Crippen molar-refractivity contribution in [2.45, 2.75) is 53.0 Å². The van der Waals surface area contributed by atoms with E-state index in [0.717, 1.165) is 32.4 Å². The summed E-state index contributed by atoms with van der Waals surface area (Å²) < 4.78 is 0. The summed E-state index contributed by atoms with van der Waals surface area (Å²) in [6.07, 6.45) is 2.64. The van der Waals surface area contributed by atoms with Gasteiger partial charge in [-0.3, -0.25) is 9.69 Å². The van der Waals surface area contributed by atoms with E-state index in [0.29, 0.717) is 22.7 Å². The van der Waals surface area contributed by atoms with Crippen molar-refractivity contribution in [2.24, 2.45) is 10.8 Å². The van der Waals surface area contributed by atoms with Gasteiger partial charge in [-0.25, -0.2) is 0 Å². The van der Waals surface area contributed by atoms with Crippen molar-refractivity contribution in [1.82, 2.24) is 4.90 Å². The van der Waals surface area contributed by atoms with Gasteiger partial charge < -0.3 is 0 Å². The van der Waals surface area contributed by atoms with Crippen LogP contribution >= 0.6 is 0 Å². The molecule has 1 saturated heterocycles. The molecule has 2 aliphatic rings. The molecule has 86 valence electrons. The number of nitrogens with zero attached hydrogens (tertiary/aromatic N) is 1. The zero-order valence-corrected chi connectivity index (χ0v) is 10.5. The van der Waals surface area contributed by atoms with E-state index in [1.165, 1.54) is 0 Å². The fourth-order valence-electron chi connectivity index (χ4n) is 3.12. The van der Waals surface area contributed by atoms with Crippen LogP contribution in [0.3, 0.4) is 0 Å². The summed E-state index contributed by atoms with van der Waals surface area (Å²) in [5, 5.41) is 0. The Balaban J connectivity index is 2.03. The monoisotopic (exact) mass is 209 g/mol. The average Bonchev–Trinajstić information content (AvgIpc) is 2.05. The van der Waals surface area contributed by atoms with Crippen molar-refractivity contribution >= 4 is 5.78 Å². The lowest BCUT2D eigenvalue weighted by Crippen LogP contribution is -2.62. The van der Waals surface area contributed by atoms with Crippen molar-refractivity contribution in [3.05, 3.63) is 0 Å². The van der Waals surface area contributed by atoms with Gasteiger partial charge in [0.2, 0.25) is 0 Å². The number of hydrogen-bond acceptors (Lipinski definition) is 2. The number of Topliss-reactive ketones (excluding diaryl/α,β-unsaturated/α-hetero) is 1. The number of carbonyl (C=O) groups excluding carboxylic acids is 1. The van der Waals surface area contributed by atoms with Crippen LogP contribution in [0, 0.1) is 10.8 Å². The first-order chi connectivity index (χ1) is 6.80. The molecule has 1 heterocycles. The topological polar surface area (TPSA) is 20.3 Å². The Morgan fingerprint density at radius 1 is 1.20 bits per heavy atom. The highest BCUT2D eigenvalue weighted by Crippen LogP contribution is 2.42. The zero-order chi connectivity index (χ0) is 11.3. The van der Waals surface area contributed by atoms with Crippen LogP contribution in [0.1, 0.15) is 47.0 Å². The normalized spacial score (nSPS) is 34.9. The maximum Gasteiger partial charge on any atom is 0.134 e. The number of carbonyl (C=O) groups is 1. The van der Waals surface area contributed by atoms with Crippen molar-refractivity contribution in [2.75, 3.05) is 13.1 Å². The van der Waals surface area contributed by atoms with E-state index >= 15 is 0 Å². The second-order valence-electron chi connectivity index (χ2n) is 6.82. The van der Waals surface area contributed by atoms with Gasteiger partial charge in [0.15, 0.2) is 0 Å². The molecule has 2 rings (SSSR count). The molecule has 1 aliphatic heterocycles. The van der Waals surface area contributed by atoms with E-state index in [1.807, 2.05) is 0 Å². The molecule has 2 heteroatoms. The second kappa shape index (κ2) is 3.31. The number of ketones is 1. The molecule has 1 saturated carbocycles. The van der Waals surface area contributed by atoms with Crippen LogP contribution in [-0.2, 0) is 4.79 Å². The fraction of sp³-hybridized carbons (Fsp3) is 0.923. The highest BCUT2D eigenvalue weighted by Gasteiger charge is 2.46. The maximum absolute atomic E-state index is 11.5. The van der Waals surface area contributed by atoms with Crippen LogP contribution in [0.5, 0.6) is 0 Å². The van der Waals surface area contributed by atoms with Crippen LogP contribution in [0.15, 0.2) is 0 Å². The molecule has 1 aliphatic carbocycles. The molecule has 0 amide bonds. The van der Waals surface area contributed by atoms with Crippen molar-refractivity contribution in [3.8, 4) is 0 Å². The molecule has 0 N–H and O–H groups in total. The predicted octanol–water partition coefficient (Wildman–Crippen LogP) is 2.48. The Morgan fingerprint density at radius 3 is 2.33 bits per heavy atom. The summed E-state index contributed by atoms with van der Waals surface area (Å²) in [5.74, 6) is 0.462. The lowest BCUT2D eigenvalue weighted by molar-refractivity contribution is -0.130. The lowest BCUT2D eigenvalue weighted by atomic mass is 9.69. The standard InChI is InChI=1S/C13H23NO/c1-12(2)8-14(9-12)11-7-10(15)5-6-13(11,3)4/h11H,5-9H2,1-4H3. The first-order valence-corrected chi connectivity index (χ1v) is 6.06. The van der Waals surface area contributed by atoms with Crippen LogP contribution < -0.4 is 0 Å². The van der Waals surface area contributed by atoms with E-state index in [-0.39, 0.29) is 0 Å². The van der Waals surface area contributed by atoms with E-state index in [9.17, 15) is 4.79 Å². The van der Waals surface area contributed by atoms with Gasteiger partial charge in [0.1, 0.15) is 5.78 Å². The average molecular weight is 209 g/mol. The van der Waals surface area contributed by atoms with Crippen LogP contribution in [0.25, 0.3) is 0 Å². The molecule has 1 atom stereocenters. The summed E-state index contributed by atoms with van der Waals surface area (Å²) >= 11 is 0.